The lowest BCUT2D eigenvalue weighted by Gasteiger charge is -2.15. The molecule has 2 rings (SSSR count). The summed E-state index contributed by atoms with van der Waals surface area (Å²) in [7, 11) is 1.50. The van der Waals surface area contributed by atoms with Crippen LogP contribution < -0.4 is 9.47 Å². The number of carbonyl (C=O) groups excluding carboxylic acids is 2. The lowest BCUT2D eigenvalue weighted by Crippen LogP contribution is -2.28. The van der Waals surface area contributed by atoms with Crippen LogP contribution >= 0.6 is 23.2 Å². The van der Waals surface area contributed by atoms with Gasteiger partial charge in [0.1, 0.15) is 11.5 Å². The SMILES string of the molecule is COc1cccc(C(=O)COC(=O)C(C)Oc2ccc(Cl)cc2Cl)c1. The number of methoxy groups -OCH3 is 1. The van der Waals surface area contributed by atoms with E-state index < -0.39 is 18.7 Å². The molecule has 0 radical (unpaired) electrons. The van der Waals surface area contributed by atoms with Gasteiger partial charge in [0, 0.05) is 10.6 Å². The molecule has 0 aliphatic rings. The number of carbonyl (C=O) groups is 2. The zero-order valence-corrected chi connectivity index (χ0v) is 15.1. The second-order valence-electron chi connectivity index (χ2n) is 5.10. The van der Waals surface area contributed by atoms with Gasteiger partial charge in [-0.25, -0.2) is 4.79 Å². The van der Waals surface area contributed by atoms with Crippen LogP contribution in [0.2, 0.25) is 10.0 Å². The molecule has 0 aliphatic heterocycles. The highest BCUT2D eigenvalue weighted by Crippen LogP contribution is 2.28. The zero-order valence-electron chi connectivity index (χ0n) is 13.6. The van der Waals surface area contributed by atoms with Gasteiger partial charge in [-0.05, 0) is 37.3 Å². The van der Waals surface area contributed by atoms with Crippen molar-refractivity contribution in [2.45, 2.75) is 13.0 Å². The molecule has 0 bridgehead atoms. The standard InChI is InChI=1S/C18H16Cl2O5/c1-11(25-17-7-6-13(19)9-15(17)20)18(22)24-10-16(21)12-4-3-5-14(8-12)23-2/h3-9,11H,10H2,1-2H3. The fraction of sp³-hybridized carbons (Fsp3) is 0.222. The van der Waals surface area contributed by atoms with Gasteiger partial charge >= 0.3 is 5.97 Å². The van der Waals surface area contributed by atoms with Crippen LogP contribution in [-0.2, 0) is 9.53 Å². The van der Waals surface area contributed by atoms with Crippen molar-refractivity contribution in [3.63, 3.8) is 0 Å². The molecule has 0 spiro atoms. The average Bonchev–Trinajstić information content (AvgIpc) is 2.61. The summed E-state index contributed by atoms with van der Waals surface area (Å²) >= 11 is 11.8. The Morgan fingerprint density at radius 3 is 2.56 bits per heavy atom. The molecule has 2 aromatic rings. The first-order chi connectivity index (χ1) is 11.9. The van der Waals surface area contributed by atoms with E-state index in [9.17, 15) is 9.59 Å². The third-order valence-electron chi connectivity index (χ3n) is 3.27. The molecular formula is C18H16Cl2O5. The Morgan fingerprint density at radius 1 is 1.12 bits per heavy atom. The van der Waals surface area contributed by atoms with Gasteiger partial charge in [-0.1, -0.05) is 35.3 Å². The maximum absolute atomic E-state index is 12.1. The van der Waals surface area contributed by atoms with Crippen molar-refractivity contribution in [3.05, 3.63) is 58.1 Å². The van der Waals surface area contributed by atoms with Gasteiger partial charge in [0.15, 0.2) is 18.5 Å². The number of halogens is 2. The Labute approximate surface area is 155 Å². The van der Waals surface area contributed by atoms with Gasteiger partial charge < -0.3 is 14.2 Å². The van der Waals surface area contributed by atoms with E-state index in [0.29, 0.717) is 22.1 Å². The molecule has 0 N–H and O–H groups in total. The Kier molecular flexibility index (Phi) is 6.67. The summed E-state index contributed by atoms with van der Waals surface area (Å²) in [4.78, 5) is 24.1. The summed E-state index contributed by atoms with van der Waals surface area (Å²) < 4.78 is 15.5. The van der Waals surface area contributed by atoms with Crippen LogP contribution in [0.3, 0.4) is 0 Å². The smallest absolute Gasteiger partial charge is 0.347 e. The van der Waals surface area contributed by atoms with Gasteiger partial charge in [-0.15, -0.1) is 0 Å². The van der Waals surface area contributed by atoms with Gasteiger partial charge in [-0.2, -0.15) is 0 Å². The molecule has 0 aromatic heterocycles. The number of esters is 1. The zero-order chi connectivity index (χ0) is 18.4. The van der Waals surface area contributed by atoms with E-state index >= 15 is 0 Å². The second kappa shape index (κ2) is 8.74. The van der Waals surface area contributed by atoms with Crippen molar-refractivity contribution in [1.82, 2.24) is 0 Å². The second-order valence-corrected chi connectivity index (χ2v) is 5.94. The number of Topliss-reactive ketones (excluding diaryl/α,β-unsaturated/α-hetero) is 1. The Bertz CT molecular complexity index is 776. The predicted octanol–water partition coefficient (Wildman–Crippen LogP) is 4.20. The van der Waals surface area contributed by atoms with Gasteiger partial charge in [0.2, 0.25) is 0 Å². The van der Waals surface area contributed by atoms with E-state index in [0.717, 1.165) is 0 Å². The van der Waals surface area contributed by atoms with Crippen molar-refractivity contribution in [2.24, 2.45) is 0 Å². The molecule has 132 valence electrons. The first-order valence-corrected chi connectivity index (χ1v) is 8.12. The van der Waals surface area contributed by atoms with E-state index in [1.165, 1.54) is 20.1 Å². The molecule has 0 heterocycles. The number of ketones is 1. The molecule has 1 unspecified atom stereocenters. The molecule has 7 heteroatoms. The first kappa shape index (κ1) is 19.1. The quantitative estimate of drug-likeness (QED) is 0.530. The van der Waals surface area contributed by atoms with Crippen LogP contribution in [-0.4, -0.2) is 31.6 Å². The number of ether oxygens (including phenoxy) is 3. The number of hydrogen-bond acceptors (Lipinski definition) is 5. The maximum atomic E-state index is 12.1. The van der Waals surface area contributed by atoms with E-state index in [4.69, 9.17) is 37.4 Å². The average molecular weight is 383 g/mol. The lowest BCUT2D eigenvalue weighted by atomic mass is 10.1. The number of rotatable bonds is 7. The van der Waals surface area contributed by atoms with Gasteiger partial charge in [0.05, 0.1) is 12.1 Å². The highest BCUT2D eigenvalue weighted by molar-refractivity contribution is 6.35. The maximum Gasteiger partial charge on any atom is 0.347 e. The third-order valence-corrected chi connectivity index (χ3v) is 3.80. The molecule has 0 amide bonds. The largest absolute Gasteiger partial charge is 0.497 e. The highest BCUT2D eigenvalue weighted by atomic mass is 35.5. The van der Waals surface area contributed by atoms with E-state index in [2.05, 4.69) is 0 Å². The third kappa shape index (κ3) is 5.37. The number of hydrogen-bond donors (Lipinski definition) is 0. The van der Waals surface area contributed by atoms with Crippen molar-refractivity contribution >= 4 is 35.0 Å². The number of benzene rings is 2. The Hall–Kier alpha value is -2.24. The van der Waals surface area contributed by atoms with Crippen molar-refractivity contribution in [1.29, 1.82) is 0 Å². The molecule has 2 aromatic carbocycles. The topological polar surface area (TPSA) is 61.8 Å². The van der Waals surface area contributed by atoms with Crippen LogP contribution in [0.4, 0.5) is 0 Å². The van der Waals surface area contributed by atoms with Crippen LogP contribution in [0, 0.1) is 0 Å². The summed E-state index contributed by atoms with van der Waals surface area (Å²) in [6, 6.07) is 11.2. The molecule has 0 saturated heterocycles. The molecule has 25 heavy (non-hydrogen) atoms. The van der Waals surface area contributed by atoms with Gasteiger partial charge in [-0.3, -0.25) is 4.79 Å². The summed E-state index contributed by atoms with van der Waals surface area (Å²) in [6.45, 7) is 1.11. The molecule has 1 atom stereocenters. The fourth-order valence-corrected chi connectivity index (χ4v) is 2.40. The minimum Gasteiger partial charge on any atom is -0.497 e. The molecule has 0 saturated carbocycles. The monoisotopic (exact) mass is 382 g/mol. The summed E-state index contributed by atoms with van der Waals surface area (Å²) in [6.07, 6.45) is -0.934. The molecule has 5 nitrogen and oxygen atoms in total. The lowest BCUT2D eigenvalue weighted by molar-refractivity contribution is -0.149. The normalized spacial score (nSPS) is 11.5. The summed E-state index contributed by atoms with van der Waals surface area (Å²) in [5, 5.41) is 0.732. The van der Waals surface area contributed by atoms with Gasteiger partial charge in [0.25, 0.3) is 0 Å². The summed E-state index contributed by atoms with van der Waals surface area (Å²) in [5.41, 5.74) is 0.390. The first-order valence-electron chi connectivity index (χ1n) is 7.36. The minimum atomic E-state index is -0.934. The molecule has 0 fully saturated rings. The van der Waals surface area contributed by atoms with Crippen LogP contribution in [0.25, 0.3) is 0 Å². The van der Waals surface area contributed by atoms with E-state index in [1.807, 2.05) is 0 Å². The van der Waals surface area contributed by atoms with Crippen molar-refractivity contribution in [2.75, 3.05) is 13.7 Å². The Balaban J connectivity index is 1.91. The van der Waals surface area contributed by atoms with Crippen LogP contribution in [0.15, 0.2) is 42.5 Å². The highest BCUT2D eigenvalue weighted by Gasteiger charge is 2.19. The summed E-state index contributed by atoms with van der Waals surface area (Å²) in [5.74, 6) is -0.174. The van der Waals surface area contributed by atoms with Crippen molar-refractivity contribution < 1.29 is 23.8 Å². The molecular weight excluding hydrogens is 367 g/mol. The van der Waals surface area contributed by atoms with E-state index in [1.54, 1.807) is 36.4 Å². The van der Waals surface area contributed by atoms with E-state index in [-0.39, 0.29) is 10.8 Å². The fourth-order valence-electron chi connectivity index (χ4n) is 1.94. The predicted molar refractivity (Wildman–Crippen MR) is 94.8 cm³/mol. The van der Waals surface area contributed by atoms with Crippen LogP contribution in [0.5, 0.6) is 11.5 Å². The minimum absolute atomic E-state index is 0.277. The van der Waals surface area contributed by atoms with Crippen LogP contribution in [0.1, 0.15) is 17.3 Å². The molecule has 0 aliphatic carbocycles. The van der Waals surface area contributed by atoms with Crippen molar-refractivity contribution in [3.8, 4) is 11.5 Å². The Morgan fingerprint density at radius 2 is 1.88 bits per heavy atom.